The number of hydrogen-bond donors (Lipinski definition) is 1. The Kier molecular flexibility index (Phi) is 4.84. The second kappa shape index (κ2) is 6.39. The smallest absolute Gasteiger partial charge is 0.228 e. The summed E-state index contributed by atoms with van der Waals surface area (Å²) in [7, 11) is 0. The second-order valence-corrected chi connectivity index (χ2v) is 5.63. The van der Waals surface area contributed by atoms with Crippen LogP contribution in [-0.2, 0) is 4.79 Å². The Morgan fingerprint density at radius 1 is 1.39 bits per heavy atom. The van der Waals surface area contributed by atoms with Crippen LogP contribution in [0.25, 0.3) is 0 Å². The molecule has 4 heteroatoms. The predicted octanol–water partition coefficient (Wildman–Crippen LogP) is 4.93. The third-order valence-corrected chi connectivity index (χ3v) is 4.40. The van der Waals surface area contributed by atoms with Gasteiger partial charge in [-0.05, 0) is 53.7 Å². The molecule has 0 saturated carbocycles. The van der Waals surface area contributed by atoms with E-state index in [0.29, 0.717) is 11.4 Å². The van der Waals surface area contributed by atoms with Gasteiger partial charge in [-0.25, -0.2) is 0 Å². The molecule has 0 bridgehead atoms. The van der Waals surface area contributed by atoms with Gasteiger partial charge in [0, 0.05) is 6.42 Å². The highest BCUT2D eigenvalue weighted by atomic mass is 79.9. The Morgan fingerprint density at radius 2 is 2.22 bits per heavy atom. The molecule has 0 saturated heterocycles. The molecule has 2 nitrogen and oxygen atoms in total. The maximum Gasteiger partial charge on any atom is 0.228 e. The van der Waals surface area contributed by atoms with Gasteiger partial charge in [0.1, 0.15) is 0 Å². The van der Waals surface area contributed by atoms with Gasteiger partial charge in [0.05, 0.1) is 15.2 Å². The Hall–Kier alpha value is -0.800. The summed E-state index contributed by atoms with van der Waals surface area (Å²) in [6.45, 7) is 0. The Morgan fingerprint density at radius 3 is 2.94 bits per heavy atom. The van der Waals surface area contributed by atoms with Gasteiger partial charge in [-0.1, -0.05) is 29.3 Å². The minimum absolute atomic E-state index is 0.0196. The zero-order valence-corrected chi connectivity index (χ0v) is 12.4. The molecule has 1 aliphatic rings. The number of halogens is 2. The van der Waals surface area contributed by atoms with Gasteiger partial charge in [0.2, 0.25) is 5.91 Å². The van der Waals surface area contributed by atoms with Gasteiger partial charge in [-0.2, -0.15) is 0 Å². The van der Waals surface area contributed by atoms with Crippen molar-refractivity contribution in [2.45, 2.75) is 32.1 Å². The third-order valence-electron chi connectivity index (χ3n) is 3.00. The fourth-order valence-electron chi connectivity index (χ4n) is 2.07. The molecular weight excluding hydrogens is 314 g/mol. The number of benzene rings is 1. The van der Waals surface area contributed by atoms with E-state index in [2.05, 4.69) is 27.3 Å². The van der Waals surface area contributed by atoms with Gasteiger partial charge in [-0.15, -0.1) is 0 Å². The molecule has 18 heavy (non-hydrogen) atoms. The van der Waals surface area contributed by atoms with Gasteiger partial charge in [0.25, 0.3) is 0 Å². The molecule has 0 radical (unpaired) electrons. The summed E-state index contributed by atoms with van der Waals surface area (Å²) >= 11 is 9.35. The SMILES string of the molecule is O=C(CC1=CCCCC1)Nc1cccc(Cl)c1Br. The van der Waals surface area contributed by atoms with Crippen molar-refractivity contribution < 1.29 is 4.79 Å². The number of amides is 1. The van der Waals surface area contributed by atoms with E-state index in [-0.39, 0.29) is 5.91 Å². The average Bonchev–Trinajstić information content (AvgIpc) is 2.36. The van der Waals surface area contributed by atoms with Crippen molar-refractivity contribution in [3.63, 3.8) is 0 Å². The highest BCUT2D eigenvalue weighted by molar-refractivity contribution is 9.10. The number of hydrogen-bond acceptors (Lipinski definition) is 1. The average molecular weight is 329 g/mol. The summed E-state index contributed by atoms with van der Waals surface area (Å²) in [4.78, 5) is 11.9. The summed E-state index contributed by atoms with van der Waals surface area (Å²) in [5.41, 5.74) is 1.97. The quantitative estimate of drug-likeness (QED) is 0.783. The molecule has 96 valence electrons. The van der Waals surface area contributed by atoms with E-state index in [1.807, 2.05) is 12.1 Å². The number of anilines is 1. The van der Waals surface area contributed by atoms with E-state index in [1.54, 1.807) is 6.07 Å². The van der Waals surface area contributed by atoms with E-state index < -0.39 is 0 Å². The number of rotatable bonds is 3. The molecule has 1 aromatic carbocycles. The summed E-state index contributed by atoms with van der Waals surface area (Å²) in [5.74, 6) is 0.0196. The van der Waals surface area contributed by atoms with Crippen LogP contribution in [-0.4, -0.2) is 5.91 Å². The highest BCUT2D eigenvalue weighted by Crippen LogP contribution is 2.30. The first-order valence-electron chi connectivity index (χ1n) is 6.08. The van der Waals surface area contributed by atoms with Crippen molar-refractivity contribution in [1.29, 1.82) is 0 Å². The zero-order valence-electron chi connectivity index (χ0n) is 10.0. The largest absolute Gasteiger partial charge is 0.325 e. The normalized spacial score (nSPS) is 15.1. The summed E-state index contributed by atoms with van der Waals surface area (Å²) in [6, 6.07) is 5.44. The van der Waals surface area contributed by atoms with Gasteiger partial charge in [0.15, 0.2) is 0 Å². The standard InChI is InChI=1S/C14H15BrClNO/c15-14-11(16)7-4-8-12(14)17-13(18)9-10-5-2-1-3-6-10/h4-5,7-8H,1-3,6,9H2,(H,17,18). The van der Waals surface area contributed by atoms with E-state index in [0.717, 1.165) is 23.0 Å². The van der Waals surface area contributed by atoms with Crippen LogP contribution >= 0.6 is 27.5 Å². The Balaban J connectivity index is 1.98. The van der Waals surface area contributed by atoms with Gasteiger partial charge < -0.3 is 5.32 Å². The van der Waals surface area contributed by atoms with Crippen LogP contribution in [0, 0.1) is 0 Å². The molecule has 0 aromatic heterocycles. The van der Waals surface area contributed by atoms with Gasteiger partial charge >= 0.3 is 0 Å². The van der Waals surface area contributed by atoms with Crippen molar-refractivity contribution in [3.05, 3.63) is 39.3 Å². The summed E-state index contributed by atoms with van der Waals surface area (Å²) in [5, 5.41) is 3.49. The number of allylic oxidation sites excluding steroid dienone is 1. The minimum atomic E-state index is 0.0196. The first-order valence-corrected chi connectivity index (χ1v) is 7.25. The molecule has 0 aliphatic heterocycles. The molecule has 0 spiro atoms. The number of nitrogens with one attached hydrogen (secondary N) is 1. The molecule has 2 rings (SSSR count). The number of carbonyl (C=O) groups is 1. The van der Waals surface area contributed by atoms with Crippen LogP contribution < -0.4 is 5.32 Å². The van der Waals surface area contributed by atoms with E-state index in [4.69, 9.17) is 11.6 Å². The fourth-order valence-corrected chi connectivity index (χ4v) is 2.60. The molecule has 1 amide bonds. The molecule has 0 heterocycles. The lowest BCUT2D eigenvalue weighted by Crippen LogP contribution is -2.13. The van der Waals surface area contributed by atoms with Crippen molar-refractivity contribution in [2.24, 2.45) is 0 Å². The predicted molar refractivity (Wildman–Crippen MR) is 78.9 cm³/mol. The molecule has 0 atom stereocenters. The summed E-state index contributed by atoms with van der Waals surface area (Å²) in [6.07, 6.45) is 7.26. The van der Waals surface area contributed by atoms with Crippen LogP contribution in [0.3, 0.4) is 0 Å². The van der Waals surface area contributed by atoms with Crippen molar-refractivity contribution in [2.75, 3.05) is 5.32 Å². The third kappa shape index (κ3) is 3.59. The maximum absolute atomic E-state index is 11.9. The lowest BCUT2D eigenvalue weighted by atomic mass is 9.97. The topological polar surface area (TPSA) is 29.1 Å². The first kappa shape index (κ1) is 13.6. The van der Waals surface area contributed by atoms with Crippen LogP contribution in [0.2, 0.25) is 5.02 Å². The monoisotopic (exact) mass is 327 g/mol. The van der Waals surface area contributed by atoms with Crippen molar-refractivity contribution in [1.82, 2.24) is 0 Å². The molecular formula is C14H15BrClNO. The molecule has 1 aliphatic carbocycles. The van der Waals surface area contributed by atoms with Crippen molar-refractivity contribution >= 4 is 39.1 Å². The Bertz CT molecular complexity index is 485. The van der Waals surface area contributed by atoms with Crippen LogP contribution in [0.4, 0.5) is 5.69 Å². The first-order chi connectivity index (χ1) is 8.66. The van der Waals surface area contributed by atoms with Crippen LogP contribution in [0.15, 0.2) is 34.3 Å². The van der Waals surface area contributed by atoms with E-state index in [9.17, 15) is 4.79 Å². The van der Waals surface area contributed by atoms with Gasteiger partial charge in [-0.3, -0.25) is 4.79 Å². The summed E-state index contributed by atoms with van der Waals surface area (Å²) < 4.78 is 0.734. The van der Waals surface area contributed by atoms with E-state index >= 15 is 0 Å². The van der Waals surface area contributed by atoms with Crippen LogP contribution in [0.5, 0.6) is 0 Å². The Labute approximate surface area is 121 Å². The minimum Gasteiger partial charge on any atom is -0.325 e. The second-order valence-electron chi connectivity index (χ2n) is 4.43. The molecule has 0 unspecified atom stereocenters. The molecule has 0 fully saturated rings. The maximum atomic E-state index is 11.9. The fraction of sp³-hybridized carbons (Fsp3) is 0.357. The lowest BCUT2D eigenvalue weighted by Gasteiger charge is -2.13. The molecule has 1 N–H and O–H groups in total. The zero-order chi connectivity index (χ0) is 13.0. The lowest BCUT2D eigenvalue weighted by molar-refractivity contribution is -0.115. The molecule has 1 aromatic rings. The van der Waals surface area contributed by atoms with Crippen molar-refractivity contribution in [3.8, 4) is 0 Å². The number of carbonyl (C=O) groups excluding carboxylic acids is 1. The van der Waals surface area contributed by atoms with E-state index in [1.165, 1.54) is 18.4 Å². The van der Waals surface area contributed by atoms with Crippen LogP contribution in [0.1, 0.15) is 32.1 Å². The highest BCUT2D eigenvalue weighted by Gasteiger charge is 2.11.